The van der Waals surface area contributed by atoms with Gasteiger partial charge in [-0.3, -0.25) is 4.79 Å². The van der Waals surface area contributed by atoms with E-state index in [1.807, 2.05) is 67.1 Å². The Balaban J connectivity index is 1.50. The largest absolute Gasteiger partial charge is 0.454 e. The fraction of sp³-hybridized carbons (Fsp3) is 0.227. The predicted molar refractivity (Wildman–Crippen MR) is 104 cm³/mol. The summed E-state index contributed by atoms with van der Waals surface area (Å²) in [4.78, 5) is 12.7. The Labute approximate surface area is 152 Å². The van der Waals surface area contributed by atoms with E-state index in [1.54, 1.807) is 0 Å². The minimum absolute atomic E-state index is 0.0662. The van der Waals surface area contributed by atoms with Gasteiger partial charge in [0.2, 0.25) is 0 Å². The molecule has 0 aliphatic heterocycles. The molecule has 4 aromatic rings. The fourth-order valence-corrected chi connectivity index (χ4v) is 3.45. The van der Waals surface area contributed by atoms with Crippen molar-refractivity contribution in [1.82, 2.24) is 9.88 Å². The quantitative estimate of drug-likeness (QED) is 0.570. The average molecular weight is 346 g/mol. The van der Waals surface area contributed by atoms with Gasteiger partial charge in [0, 0.05) is 24.5 Å². The average Bonchev–Trinajstić information content (AvgIpc) is 3.17. The number of hydrogen-bond donors (Lipinski definition) is 1. The van der Waals surface area contributed by atoms with Crippen LogP contribution in [0.2, 0.25) is 0 Å². The standard InChI is InChI=1S/C22H22N2O2/c1-15(12-13-16-8-4-3-5-9-16)23-22(25)18-14-20-21(24(18)2)17-10-6-7-11-19(17)26-20/h3-11,14-15H,12-13H2,1-2H3,(H,23,25). The molecule has 4 heteroatoms. The lowest BCUT2D eigenvalue weighted by molar-refractivity contribution is 0.0930. The van der Waals surface area contributed by atoms with Gasteiger partial charge < -0.3 is 14.3 Å². The first-order chi connectivity index (χ1) is 12.6. The second-order valence-corrected chi connectivity index (χ2v) is 6.80. The molecule has 0 bridgehead atoms. The number of nitrogens with one attached hydrogen (secondary N) is 1. The highest BCUT2D eigenvalue weighted by molar-refractivity contribution is 6.07. The number of aryl methyl sites for hydroxylation is 2. The third-order valence-electron chi connectivity index (χ3n) is 4.88. The molecular formula is C22H22N2O2. The lowest BCUT2D eigenvalue weighted by atomic mass is 10.1. The maximum absolute atomic E-state index is 12.7. The monoisotopic (exact) mass is 346 g/mol. The Morgan fingerprint density at radius 3 is 2.62 bits per heavy atom. The van der Waals surface area contributed by atoms with Crippen LogP contribution in [0, 0.1) is 0 Å². The molecule has 0 fully saturated rings. The highest BCUT2D eigenvalue weighted by atomic mass is 16.3. The zero-order chi connectivity index (χ0) is 18.1. The summed E-state index contributed by atoms with van der Waals surface area (Å²) < 4.78 is 7.79. The second-order valence-electron chi connectivity index (χ2n) is 6.80. The Bertz CT molecular complexity index is 1060. The minimum Gasteiger partial charge on any atom is -0.454 e. The molecule has 0 saturated heterocycles. The van der Waals surface area contributed by atoms with Crippen molar-refractivity contribution in [3.8, 4) is 0 Å². The first-order valence-corrected chi connectivity index (χ1v) is 8.95. The SMILES string of the molecule is CC(CCc1ccccc1)NC(=O)c1cc2oc3ccccc3c2n1C. The second kappa shape index (κ2) is 6.71. The van der Waals surface area contributed by atoms with Crippen molar-refractivity contribution in [3.05, 3.63) is 71.9 Å². The number of aromatic nitrogens is 1. The molecule has 0 spiro atoms. The summed E-state index contributed by atoms with van der Waals surface area (Å²) in [7, 11) is 1.91. The van der Waals surface area contributed by atoms with Gasteiger partial charge in [0.15, 0.2) is 5.58 Å². The van der Waals surface area contributed by atoms with E-state index in [0.29, 0.717) is 5.69 Å². The van der Waals surface area contributed by atoms with Crippen LogP contribution in [-0.4, -0.2) is 16.5 Å². The van der Waals surface area contributed by atoms with Crippen molar-refractivity contribution in [1.29, 1.82) is 0 Å². The number of rotatable bonds is 5. The van der Waals surface area contributed by atoms with Crippen LogP contribution in [0.1, 0.15) is 29.4 Å². The summed E-state index contributed by atoms with van der Waals surface area (Å²) in [6, 6.07) is 20.2. The van der Waals surface area contributed by atoms with Gasteiger partial charge in [-0.05, 0) is 37.5 Å². The lowest BCUT2D eigenvalue weighted by Gasteiger charge is -2.14. The van der Waals surface area contributed by atoms with E-state index in [-0.39, 0.29) is 11.9 Å². The molecule has 0 saturated carbocycles. The van der Waals surface area contributed by atoms with Crippen molar-refractivity contribution in [2.45, 2.75) is 25.8 Å². The van der Waals surface area contributed by atoms with E-state index in [0.717, 1.165) is 34.9 Å². The molecule has 0 aliphatic carbocycles. The summed E-state index contributed by atoms with van der Waals surface area (Å²) in [6.45, 7) is 2.04. The van der Waals surface area contributed by atoms with Crippen LogP contribution in [-0.2, 0) is 13.5 Å². The number of fused-ring (bicyclic) bond motifs is 3. The van der Waals surface area contributed by atoms with Crippen LogP contribution in [0.25, 0.3) is 22.1 Å². The van der Waals surface area contributed by atoms with E-state index >= 15 is 0 Å². The molecule has 4 nitrogen and oxygen atoms in total. The van der Waals surface area contributed by atoms with E-state index in [2.05, 4.69) is 17.4 Å². The third kappa shape index (κ3) is 2.99. The zero-order valence-corrected chi connectivity index (χ0v) is 15.0. The summed E-state index contributed by atoms with van der Waals surface area (Å²) in [5.74, 6) is -0.0662. The molecule has 0 radical (unpaired) electrons. The Hall–Kier alpha value is -3.01. The number of furan rings is 1. The van der Waals surface area contributed by atoms with Gasteiger partial charge in [0.05, 0.1) is 5.52 Å². The zero-order valence-electron chi connectivity index (χ0n) is 15.0. The van der Waals surface area contributed by atoms with Crippen molar-refractivity contribution >= 4 is 28.0 Å². The van der Waals surface area contributed by atoms with Crippen molar-refractivity contribution in [2.24, 2.45) is 7.05 Å². The molecule has 2 aromatic carbocycles. The topological polar surface area (TPSA) is 47.2 Å². The van der Waals surface area contributed by atoms with Crippen molar-refractivity contribution < 1.29 is 9.21 Å². The summed E-state index contributed by atoms with van der Waals surface area (Å²) in [5.41, 5.74) is 4.46. The van der Waals surface area contributed by atoms with Gasteiger partial charge in [0.1, 0.15) is 11.3 Å². The number of hydrogen-bond acceptors (Lipinski definition) is 2. The number of nitrogens with zero attached hydrogens (tertiary/aromatic N) is 1. The van der Waals surface area contributed by atoms with Crippen molar-refractivity contribution in [3.63, 3.8) is 0 Å². The molecule has 26 heavy (non-hydrogen) atoms. The predicted octanol–water partition coefficient (Wildman–Crippen LogP) is 4.68. The number of para-hydroxylation sites is 1. The van der Waals surface area contributed by atoms with Crippen molar-refractivity contribution in [2.75, 3.05) is 0 Å². The lowest BCUT2D eigenvalue weighted by Crippen LogP contribution is -2.34. The van der Waals surface area contributed by atoms with Gasteiger partial charge in [-0.15, -0.1) is 0 Å². The van der Waals surface area contributed by atoms with Gasteiger partial charge >= 0.3 is 0 Å². The first kappa shape index (κ1) is 16.5. The molecule has 4 rings (SSSR count). The van der Waals surface area contributed by atoms with Crippen LogP contribution < -0.4 is 5.32 Å². The molecule has 1 atom stereocenters. The Morgan fingerprint density at radius 1 is 1.08 bits per heavy atom. The molecule has 1 amide bonds. The molecule has 1 N–H and O–H groups in total. The van der Waals surface area contributed by atoms with E-state index in [9.17, 15) is 4.79 Å². The van der Waals surface area contributed by atoms with Gasteiger partial charge in [-0.25, -0.2) is 0 Å². The summed E-state index contributed by atoms with van der Waals surface area (Å²) >= 11 is 0. The highest BCUT2D eigenvalue weighted by Gasteiger charge is 2.19. The number of benzene rings is 2. The van der Waals surface area contributed by atoms with Gasteiger partial charge in [-0.2, -0.15) is 0 Å². The number of carbonyl (C=O) groups excluding carboxylic acids is 1. The highest BCUT2D eigenvalue weighted by Crippen LogP contribution is 2.30. The summed E-state index contributed by atoms with van der Waals surface area (Å²) in [5, 5.41) is 4.13. The molecule has 2 aromatic heterocycles. The van der Waals surface area contributed by atoms with Crippen LogP contribution in [0.5, 0.6) is 0 Å². The molecule has 2 heterocycles. The van der Waals surface area contributed by atoms with Gasteiger partial charge in [-0.1, -0.05) is 42.5 Å². The Kier molecular flexibility index (Phi) is 4.25. The molecular weight excluding hydrogens is 324 g/mol. The first-order valence-electron chi connectivity index (χ1n) is 8.95. The maximum atomic E-state index is 12.7. The van der Waals surface area contributed by atoms with Crippen LogP contribution in [0.15, 0.2) is 65.1 Å². The number of amides is 1. The molecule has 132 valence electrons. The molecule has 0 aliphatic rings. The smallest absolute Gasteiger partial charge is 0.268 e. The normalized spacial score (nSPS) is 12.5. The van der Waals surface area contributed by atoms with Crippen LogP contribution in [0.3, 0.4) is 0 Å². The third-order valence-corrected chi connectivity index (χ3v) is 4.88. The van der Waals surface area contributed by atoms with E-state index < -0.39 is 0 Å². The fourth-order valence-electron chi connectivity index (χ4n) is 3.45. The van der Waals surface area contributed by atoms with Crippen LogP contribution >= 0.6 is 0 Å². The Morgan fingerprint density at radius 2 is 1.81 bits per heavy atom. The van der Waals surface area contributed by atoms with Gasteiger partial charge in [0.25, 0.3) is 5.91 Å². The number of carbonyl (C=O) groups is 1. The van der Waals surface area contributed by atoms with Crippen LogP contribution in [0.4, 0.5) is 0 Å². The minimum atomic E-state index is -0.0662. The maximum Gasteiger partial charge on any atom is 0.268 e. The van der Waals surface area contributed by atoms with E-state index in [4.69, 9.17) is 4.42 Å². The molecule has 1 unspecified atom stereocenters. The van der Waals surface area contributed by atoms with E-state index in [1.165, 1.54) is 5.56 Å². The summed E-state index contributed by atoms with van der Waals surface area (Å²) in [6.07, 6.45) is 1.85.